The number of benzene rings is 1. The van der Waals surface area contributed by atoms with E-state index in [2.05, 4.69) is 10.0 Å². The van der Waals surface area contributed by atoms with E-state index in [1.807, 2.05) is 0 Å². The van der Waals surface area contributed by atoms with Crippen LogP contribution < -0.4 is 10.0 Å². The third-order valence-electron chi connectivity index (χ3n) is 4.01. The molecule has 134 valence electrons. The molecule has 0 spiro atoms. The molecular weight excluding hydrogens is 332 g/mol. The van der Waals surface area contributed by atoms with Crippen molar-refractivity contribution in [1.82, 2.24) is 4.72 Å². The summed E-state index contributed by atoms with van der Waals surface area (Å²) < 4.78 is 32.8. The van der Waals surface area contributed by atoms with Crippen LogP contribution >= 0.6 is 0 Å². The second kappa shape index (κ2) is 7.96. The summed E-state index contributed by atoms with van der Waals surface area (Å²) in [6.45, 7) is 1.91. The lowest BCUT2D eigenvalue weighted by Crippen LogP contribution is -2.36. The van der Waals surface area contributed by atoms with E-state index in [1.54, 1.807) is 6.92 Å². The normalized spacial score (nSPS) is 16.9. The van der Waals surface area contributed by atoms with Crippen molar-refractivity contribution in [3.05, 3.63) is 23.8 Å². The Morgan fingerprint density at radius 1 is 1.38 bits per heavy atom. The number of nitrogens with one attached hydrogen (secondary N) is 2. The minimum atomic E-state index is -3.87. The zero-order chi connectivity index (χ0) is 17.7. The number of rotatable bonds is 8. The molecule has 1 aliphatic rings. The standard InChI is InChI=1S/C16H24N2O5S/c1-11(10-23-2)18-24(21,22)15-9-12(16(19)20)7-8-14(15)17-13-5-3-4-6-13/h7-9,11,13,17-18H,3-6,10H2,1-2H3,(H,19,20)/t11-/m1/s1. The fourth-order valence-corrected chi connectivity index (χ4v) is 4.32. The Kier molecular flexibility index (Phi) is 6.20. The maximum atomic E-state index is 12.7. The van der Waals surface area contributed by atoms with Gasteiger partial charge in [0, 0.05) is 19.2 Å². The summed E-state index contributed by atoms with van der Waals surface area (Å²) in [7, 11) is -2.38. The molecule has 0 unspecified atom stereocenters. The predicted octanol–water partition coefficient (Wildman–Crippen LogP) is 2.05. The fraction of sp³-hybridized carbons (Fsp3) is 0.562. The van der Waals surface area contributed by atoms with Crippen molar-refractivity contribution in [1.29, 1.82) is 0 Å². The van der Waals surface area contributed by atoms with Gasteiger partial charge in [-0.1, -0.05) is 12.8 Å². The molecule has 1 aromatic rings. The van der Waals surface area contributed by atoms with Crippen LogP contribution in [0.3, 0.4) is 0 Å². The average molecular weight is 356 g/mol. The number of methoxy groups -OCH3 is 1. The summed E-state index contributed by atoms with van der Waals surface area (Å²) in [5, 5.41) is 12.4. The summed E-state index contributed by atoms with van der Waals surface area (Å²) in [4.78, 5) is 11.2. The monoisotopic (exact) mass is 356 g/mol. The van der Waals surface area contributed by atoms with E-state index in [0.717, 1.165) is 25.7 Å². The number of hydrogen-bond donors (Lipinski definition) is 3. The molecule has 0 heterocycles. The highest BCUT2D eigenvalue weighted by Crippen LogP contribution is 2.28. The third-order valence-corrected chi connectivity index (χ3v) is 5.64. The van der Waals surface area contributed by atoms with E-state index in [0.29, 0.717) is 5.69 Å². The van der Waals surface area contributed by atoms with Gasteiger partial charge in [-0.05, 0) is 38.0 Å². The van der Waals surface area contributed by atoms with E-state index in [1.165, 1.54) is 25.3 Å². The third kappa shape index (κ3) is 4.68. The molecule has 0 bridgehead atoms. The van der Waals surface area contributed by atoms with Crippen molar-refractivity contribution in [3.8, 4) is 0 Å². The molecule has 1 aromatic carbocycles. The first-order chi connectivity index (χ1) is 11.3. The molecule has 0 amide bonds. The van der Waals surface area contributed by atoms with Gasteiger partial charge in [0.05, 0.1) is 17.9 Å². The van der Waals surface area contributed by atoms with Crippen LogP contribution in [0.2, 0.25) is 0 Å². The lowest BCUT2D eigenvalue weighted by molar-refractivity contribution is 0.0696. The van der Waals surface area contributed by atoms with Crippen LogP contribution in [-0.4, -0.2) is 45.3 Å². The predicted molar refractivity (Wildman–Crippen MR) is 90.9 cm³/mol. The number of hydrogen-bond acceptors (Lipinski definition) is 5. The number of carboxylic acid groups (broad SMARTS) is 1. The van der Waals surface area contributed by atoms with E-state index in [9.17, 15) is 13.2 Å². The first kappa shape index (κ1) is 18.7. The molecule has 8 heteroatoms. The lowest BCUT2D eigenvalue weighted by Gasteiger charge is -2.19. The van der Waals surface area contributed by atoms with Crippen molar-refractivity contribution in [2.45, 2.75) is 49.6 Å². The molecule has 1 aliphatic carbocycles. The number of carboxylic acids is 1. The summed E-state index contributed by atoms with van der Waals surface area (Å²) in [6, 6.07) is 3.93. The van der Waals surface area contributed by atoms with Crippen molar-refractivity contribution < 1.29 is 23.1 Å². The maximum absolute atomic E-state index is 12.7. The van der Waals surface area contributed by atoms with Crippen molar-refractivity contribution in [2.24, 2.45) is 0 Å². The van der Waals surface area contributed by atoms with Crippen LogP contribution in [-0.2, 0) is 14.8 Å². The Morgan fingerprint density at radius 2 is 2.04 bits per heavy atom. The maximum Gasteiger partial charge on any atom is 0.335 e. The lowest BCUT2D eigenvalue weighted by atomic mass is 10.2. The van der Waals surface area contributed by atoms with Gasteiger partial charge in [0.1, 0.15) is 4.90 Å². The molecule has 7 nitrogen and oxygen atoms in total. The topological polar surface area (TPSA) is 105 Å². The number of ether oxygens (including phenoxy) is 1. The highest BCUT2D eigenvalue weighted by molar-refractivity contribution is 7.89. The minimum Gasteiger partial charge on any atom is -0.478 e. The Hall–Kier alpha value is -1.64. The summed E-state index contributed by atoms with van der Waals surface area (Å²) in [5.74, 6) is -1.16. The molecule has 1 atom stereocenters. The van der Waals surface area contributed by atoms with Crippen LogP contribution in [0.4, 0.5) is 5.69 Å². The van der Waals surface area contributed by atoms with Gasteiger partial charge in [-0.25, -0.2) is 17.9 Å². The SMILES string of the molecule is COC[C@@H](C)NS(=O)(=O)c1cc(C(=O)O)ccc1NC1CCCC1. The number of aromatic carboxylic acids is 1. The van der Waals surface area contributed by atoms with E-state index in [4.69, 9.17) is 9.84 Å². The largest absolute Gasteiger partial charge is 0.478 e. The van der Waals surface area contributed by atoms with Crippen LogP contribution in [0.25, 0.3) is 0 Å². The molecule has 1 saturated carbocycles. The van der Waals surface area contributed by atoms with Gasteiger partial charge < -0.3 is 15.2 Å². The Bertz CT molecular complexity index is 684. The van der Waals surface area contributed by atoms with Crippen molar-refractivity contribution in [3.63, 3.8) is 0 Å². The van der Waals surface area contributed by atoms with Crippen LogP contribution in [0.5, 0.6) is 0 Å². The number of sulfonamides is 1. The van der Waals surface area contributed by atoms with Crippen LogP contribution in [0.15, 0.2) is 23.1 Å². The van der Waals surface area contributed by atoms with Crippen LogP contribution in [0.1, 0.15) is 43.0 Å². The molecule has 24 heavy (non-hydrogen) atoms. The van der Waals surface area contributed by atoms with Gasteiger partial charge in [0.2, 0.25) is 10.0 Å². The van der Waals surface area contributed by atoms with Gasteiger partial charge in [0.25, 0.3) is 0 Å². The Labute approximate surface area is 142 Å². The first-order valence-electron chi connectivity index (χ1n) is 7.98. The van der Waals surface area contributed by atoms with E-state index in [-0.39, 0.29) is 23.1 Å². The smallest absolute Gasteiger partial charge is 0.335 e. The van der Waals surface area contributed by atoms with Crippen molar-refractivity contribution >= 4 is 21.7 Å². The van der Waals surface area contributed by atoms with Gasteiger partial charge in [-0.2, -0.15) is 0 Å². The van der Waals surface area contributed by atoms with Gasteiger partial charge in [-0.15, -0.1) is 0 Å². The number of carbonyl (C=O) groups is 1. The molecular formula is C16H24N2O5S. The molecule has 0 saturated heterocycles. The highest BCUT2D eigenvalue weighted by atomic mass is 32.2. The molecule has 3 N–H and O–H groups in total. The van der Waals surface area contributed by atoms with E-state index >= 15 is 0 Å². The van der Waals surface area contributed by atoms with Gasteiger partial charge in [0.15, 0.2) is 0 Å². The number of anilines is 1. The fourth-order valence-electron chi connectivity index (χ4n) is 2.90. The molecule has 2 rings (SSSR count). The highest BCUT2D eigenvalue weighted by Gasteiger charge is 2.25. The van der Waals surface area contributed by atoms with Gasteiger partial charge >= 0.3 is 5.97 Å². The summed E-state index contributed by atoms with van der Waals surface area (Å²) in [5.41, 5.74) is 0.371. The minimum absolute atomic E-state index is 0.0442. The second-order valence-electron chi connectivity index (χ2n) is 6.12. The molecule has 0 radical (unpaired) electrons. The van der Waals surface area contributed by atoms with E-state index < -0.39 is 22.0 Å². The molecule has 1 fully saturated rings. The molecule has 0 aromatic heterocycles. The van der Waals surface area contributed by atoms with Gasteiger partial charge in [-0.3, -0.25) is 0 Å². The van der Waals surface area contributed by atoms with Crippen LogP contribution in [0, 0.1) is 0 Å². The second-order valence-corrected chi connectivity index (χ2v) is 7.80. The zero-order valence-corrected chi connectivity index (χ0v) is 14.7. The molecule has 0 aliphatic heterocycles. The average Bonchev–Trinajstić information content (AvgIpc) is 3.00. The quantitative estimate of drug-likeness (QED) is 0.658. The summed E-state index contributed by atoms with van der Waals surface area (Å²) in [6.07, 6.45) is 4.17. The Morgan fingerprint density at radius 3 is 2.62 bits per heavy atom. The zero-order valence-electron chi connectivity index (χ0n) is 13.9. The van der Waals surface area contributed by atoms with Crippen molar-refractivity contribution in [2.75, 3.05) is 19.0 Å². The first-order valence-corrected chi connectivity index (χ1v) is 9.47. The Balaban J connectivity index is 2.35. The summed E-state index contributed by atoms with van der Waals surface area (Å²) >= 11 is 0.